The van der Waals surface area contributed by atoms with Crippen molar-refractivity contribution in [2.45, 2.75) is 52.6 Å². The summed E-state index contributed by atoms with van der Waals surface area (Å²) < 4.78 is 0. The highest BCUT2D eigenvalue weighted by atomic mass is 16.4. The molecular formula is C12H24N2O3. The van der Waals surface area contributed by atoms with Gasteiger partial charge in [-0.15, -0.1) is 0 Å². The lowest BCUT2D eigenvalue weighted by molar-refractivity contribution is -0.141. The van der Waals surface area contributed by atoms with E-state index >= 15 is 0 Å². The molecule has 0 aromatic carbocycles. The Hall–Kier alpha value is -1.10. The van der Waals surface area contributed by atoms with E-state index < -0.39 is 17.6 Å². The highest BCUT2D eigenvalue weighted by Crippen LogP contribution is 2.16. The molecule has 0 saturated heterocycles. The zero-order valence-corrected chi connectivity index (χ0v) is 11.4. The Kier molecular flexibility index (Phi) is 5.61. The average Bonchev–Trinajstić information content (AvgIpc) is 2.13. The fraction of sp³-hybridized carbons (Fsp3) is 0.833. The third-order valence-electron chi connectivity index (χ3n) is 2.63. The van der Waals surface area contributed by atoms with E-state index in [4.69, 9.17) is 10.8 Å². The highest BCUT2D eigenvalue weighted by molar-refractivity contribution is 5.83. The van der Waals surface area contributed by atoms with Gasteiger partial charge in [0.25, 0.3) is 0 Å². The van der Waals surface area contributed by atoms with Crippen molar-refractivity contribution in [3.8, 4) is 0 Å². The molecular weight excluding hydrogens is 220 g/mol. The minimum absolute atomic E-state index is 0.0391. The second-order valence-corrected chi connectivity index (χ2v) is 5.57. The smallest absolute Gasteiger partial charge is 0.305 e. The van der Waals surface area contributed by atoms with Crippen LogP contribution >= 0.6 is 0 Å². The zero-order chi connectivity index (χ0) is 13.8. The van der Waals surface area contributed by atoms with Crippen molar-refractivity contribution in [1.82, 2.24) is 4.90 Å². The molecule has 5 nitrogen and oxygen atoms in total. The maximum absolute atomic E-state index is 12.2. The van der Waals surface area contributed by atoms with Gasteiger partial charge in [-0.25, -0.2) is 0 Å². The van der Waals surface area contributed by atoms with E-state index in [0.717, 1.165) is 0 Å². The number of nitrogens with zero attached hydrogens (tertiary/aromatic N) is 1. The van der Waals surface area contributed by atoms with Crippen LogP contribution in [0.25, 0.3) is 0 Å². The third-order valence-corrected chi connectivity index (χ3v) is 2.63. The number of carbonyl (C=O) groups is 2. The van der Waals surface area contributed by atoms with Gasteiger partial charge in [-0.2, -0.15) is 0 Å². The Balaban J connectivity index is 4.81. The number of carboxylic acid groups (broad SMARTS) is 1. The summed E-state index contributed by atoms with van der Waals surface area (Å²) in [5.41, 5.74) is 5.41. The number of carboxylic acids is 1. The van der Waals surface area contributed by atoms with Crippen LogP contribution in [0.4, 0.5) is 0 Å². The predicted octanol–water partition coefficient (Wildman–Crippen LogP) is 1.07. The lowest BCUT2D eigenvalue weighted by Gasteiger charge is -2.37. The van der Waals surface area contributed by atoms with Gasteiger partial charge in [-0.05, 0) is 26.7 Å². The molecule has 0 heterocycles. The van der Waals surface area contributed by atoms with Crippen molar-refractivity contribution in [1.29, 1.82) is 0 Å². The molecule has 0 radical (unpaired) electrons. The fourth-order valence-corrected chi connectivity index (χ4v) is 1.45. The summed E-state index contributed by atoms with van der Waals surface area (Å²) in [6.07, 6.45) is -0.0617. The van der Waals surface area contributed by atoms with Gasteiger partial charge in [0.15, 0.2) is 0 Å². The third kappa shape index (κ3) is 5.17. The molecule has 5 heteroatoms. The Morgan fingerprint density at radius 3 is 2.06 bits per heavy atom. The summed E-state index contributed by atoms with van der Waals surface area (Å²) in [6.45, 7) is 9.57. The van der Waals surface area contributed by atoms with E-state index in [1.807, 2.05) is 34.6 Å². The van der Waals surface area contributed by atoms with E-state index in [1.165, 1.54) is 0 Å². The summed E-state index contributed by atoms with van der Waals surface area (Å²) in [7, 11) is 0. The molecule has 17 heavy (non-hydrogen) atoms. The van der Waals surface area contributed by atoms with Crippen molar-refractivity contribution in [3.63, 3.8) is 0 Å². The molecule has 100 valence electrons. The number of carbonyl (C=O) groups excluding carboxylic acids is 1. The van der Waals surface area contributed by atoms with Gasteiger partial charge in [-0.3, -0.25) is 9.59 Å². The van der Waals surface area contributed by atoms with E-state index in [-0.39, 0.29) is 24.8 Å². The van der Waals surface area contributed by atoms with E-state index in [0.29, 0.717) is 0 Å². The van der Waals surface area contributed by atoms with Gasteiger partial charge in [-0.1, -0.05) is 13.8 Å². The normalized spacial score (nSPS) is 13.6. The van der Waals surface area contributed by atoms with Crippen LogP contribution in [0.15, 0.2) is 0 Å². The fourth-order valence-electron chi connectivity index (χ4n) is 1.45. The lowest BCUT2D eigenvalue weighted by Crippen LogP contribution is -2.54. The molecule has 0 saturated carbocycles. The predicted molar refractivity (Wildman–Crippen MR) is 66.5 cm³/mol. The number of rotatable bonds is 5. The van der Waals surface area contributed by atoms with Crippen molar-refractivity contribution < 1.29 is 14.7 Å². The van der Waals surface area contributed by atoms with Crippen molar-refractivity contribution in [3.05, 3.63) is 0 Å². The molecule has 0 rings (SSSR count). The molecule has 0 unspecified atom stereocenters. The van der Waals surface area contributed by atoms with Crippen LogP contribution in [-0.4, -0.2) is 40.0 Å². The number of aliphatic carboxylic acids is 1. The largest absolute Gasteiger partial charge is 0.481 e. The van der Waals surface area contributed by atoms with E-state index in [2.05, 4.69) is 0 Å². The highest BCUT2D eigenvalue weighted by Gasteiger charge is 2.31. The van der Waals surface area contributed by atoms with Gasteiger partial charge in [0.05, 0.1) is 12.5 Å². The van der Waals surface area contributed by atoms with Crippen LogP contribution in [0, 0.1) is 5.92 Å². The van der Waals surface area contributed by atoms with Gasteiger partial charge in [0.1, 0.15) is 0 Å². The van der Waals surface area contributed by atoms with E-state index in [1.54, 1.807) is 4.90 Å². The zero-order valence-electron chi connectivity index (χ0n) is 11.4. The van der Waals surface area contributed by atoms with Crippen LogP contribution in [0.1, 0.15) is 41.0 Å². The minimum Gasteiger partial charge on any atom is -0.481 e. The topological polar surface area (TPSA) is 83.6 Å². The molecule has 0 spiro atoms. The van der Waals surface area contributed by atoms with E-state index in [9.17, 15) is 9.59 Å². The number of hydrogen-bond donors (Lipinski definition) is 2. The second kappa shape index (κ2) is 6.00. The quantitative estimate of drug-likeness (QED) is 0.757. The molecule has 3 N–H and O–H groups in total. The minimum atomic E-state index is -0.912. The van der Waals surface area contributed by atoms with Gasteiger partial charge in [0, 0.05) is 12.1 Å². The molecule has 0 fully saturated rings. The van der Waals surface area contributed by atoms with Gasteiger partial charge < -0.3 is 15.7 Å². The molecule has 1 atom stereocenters. The molecule has 1 amide bonds. The first kappa shape index (κ1) is 15.9. The number of nitrogens with two attached hydrogens (primary N) is 1. The molecule has 0 aromatic rings. The molecule has 0 aliphatic heterocycles. The standard InChI is InChI=1S/C12H24N2O3/c1-8(2)10(13)11(17)14(12(3,4)5)7-6-9(15)16/h8,10H,6-7,13H2,1-5H3,(H,15,16)/t10-/m0/s1. The Bertz CT molecular complexity index is 282. The second-order valence-electron chi connectivity index (χ2n) is 5.57. The summed E-state index contributed by atoms with van der Waals surface area (Å²) in [6, 6.07) is -0.581. The average molecular weight is 244 g/mol. The van der Waals surface area contributed by atoms with Crippen LogP contribution < -0.4 is 5.73 Å². The van der Waals surface area contributed by atoms with Crippen LogP contribution in [0.3, 0.4) is 0 Å². The SMILES string of the molecule is CC(C)[C@H](N)C(=O)N(CCC(=O)O)C(C)(C)C. The first-order valence-electron chi connectivity index (χ1n) is 5.86. The Morgan fingerprint density at radius 2 is 1.76 bits per heavy atom. The van der Waals surface area contributed by atoms with Gasteiger partial charge >= 0.3 is 5.97 Å². The summed E-state index contributed by atoms with van der Waals surface area (Å²) in [5, 5.41) is 8.69. The monoisotopic (exact) mass is 244 g/mol. The maximum atomic E-state index is 12.2. The first-order valence-corrected chi connectivity index (χ1v) is 5.86. The molecule has 0 aliphatic rings. The summed E-state index contributed by atoms with van der Waals surface area (Å²) >= 11 is 0. The van der Waals surface area contributed by atoms with Gasteiger partial charge in [0.2, 0.25) is 5.91 Å². The first-order chi connectivity index (χ1) is 7.57. The van der Waals surface area contributed by atoms with Crippen molar-refractivity contribution >= 4 is 11.9 Å². The van der Waals surface area contributed by atoms with Crippen LogP contribution in [-0.2, 0) is 9.59 Å². The lowest BCUT2D eigenvalue weighted by atomic mass is 9.99. The molecule has 0 aromatic heterocycles. The van der Waals surface area contributed by atoms with Crippen molar-refractivity contribution in [2.75, 3.05) is 6.54 Å². The van der Waals surface area contributed by atoms with Crippen molar-refractivity contribution in [2.24, 2.45) is 11.7 Å². The Labute approximate surface area is 103 Å². The van der Waals surface area contributed by atoms with Crippen LogP contribution in [0.5, 0.6) is 0 Å². The maximum Gasteiger partial charge on any atom is 0.305 e. The summed E-state index contributed by atoms with van der Waals surface area (Å²) in [5.74, 6) is -1.06. The van der Waals surface area contributed by atoms with Crippen LogP contribution in [0.2, 0.25) is 0 Å². The molecule has 0 bridgehead atoms. The number of amides is 1. The number of hydrogen-bond acceptors (Lipinski definition) is 3. The Morgan fingerprint density at radius 1 is 1.29 bits per heavy atom. The summed E-state index contributed by atoms with van der Waals surface area (Å²) in [4.78, 5) is 24.3. The molecule has 0 aliphatic carbocycles.